The van der Waals surface area contributed by atoms with Crippen LogP contribution in [0.1, 0.15) is 12.8 Å². The van der Waals surface area contributed by atoms with Gasteiger partial charge in [-0.1, -0.05) is 23.7 Å². The molecule has 1 amide bonds. The second kappa shape index (κ2) is 6.75. The molecule has 1 aliphatic heterocycles. The van der Waals surface area contributed by atoms with Crippen LogP contribution in [0, 0.1) is 5.92 Å². The third-order valence-electron chi connectivity index (χ3n) is 3.83. The van der Waals surface area contributed by atoms with Crippen LogP contribution < -0.4 is 10.2 Å². The van der Waals surface area contributed by atoms with Gasteiger partial charge in [-0.05, 0) is 31.0 Å². The standard InChI is InChI=1S/C16H17ClN4O/c17-13-4-1-2-5-14(13)20-15(22)12-6-10-21(11-7-12)16-18-8-3-9-19-16/h1-5,8-9,12H,6-7,10-11H2,(H,20,22). The van der Waals surface area contributed by atoms with Gasteiger partial charge in [0, 0.05) is 31.4 Å². The minimum absolute atomic E-state index is 0.00349. The molecule has 5 nitrogen and oxygen atoms in total. The van der Waals surface area contributed by atoms with Crippen LogP contribution in [0.25, 0.3) is 0 Å². The van der Waals surface area contributed by atoms with Gasteiger partial charge in [-0.2, -0.15) is 0 Å². The fourth-order valence-corrected chi connectivity index (χ4v) is 2.78. The number of aromatic nitrogens is 2. The Bertz CT molecular complexity index is 642. The predicted molar refractivity (Wildman–Crippen MR) is 87.1 cm³/mol. The molecule has 0 atom stereocenters. The molecule has 0 bridgehead atoms. The Morgan fingerprint density at radius 1 is 1.14 bits per heavy atom. The monoisotopic (exact) mass is 316 g/mol. The molecule has 2 heterocycles. The number of piperidine rings is 1. The molecular weight excluding hydrogens is 300 g/mol. The van der Waals surface area contributed by atoms with E-state index in [1.54, 1.807) is 24.5 Å². The highest BCUT2D eigenvalue weighted by atomic mass is 35.5. The van der Waals surface area contributed by atoms with Crippen LogP contribution in [-0.4, -0.2) is 29.0 Å². The van der Waals surface area contributed by atoms with E-state index >= 15 is 0 Å². The predicted octanol–water partition coefficient (Wildman–Crippen LogP) is 2.99. The first-order valence-electron chi connectivity index (χ1n) is 7.31. The van der Waals surface area contributed by atoms with E-state index < -0.39 is 0 Å². The first-order chi connectivity index (χ1) is 10.7. The molecule has 1 saturated heterocycles. The number of benzene rings is 1. The van der Waals surface area contributed by atoms with Crippen LogP contribution in [0.4, 0.5) is 11.6 Å². The number of carbonyl (C=O) groups excluding carboxylic acids is 1. The summed E-state index contributed by atoms with van der Waals surface area (Å²) < 4.78 is 0. The lowest BCUT2D eigenvalue weighted by Gasteiger charge is -2.31. The quantitative estimate of drug-likeness (QED) is 0.945. The van der Waals surface area contributed by atoms with E-state index in [9.17, 15) is 4.79 Å². The zero-order chi connectivity index (χ0) is 15.4. The molecule has 0 aliphatic carbocycles. The molecule has 6 heteroatoms. The van der Waals surface area contributed by atoms with Crippen LogP contribution in [-0.2, 0) is 4.79 Å². The van der Waals surface area contributed by atoms with E-state index in [1.807, 2.05) is 18.2 Å². The van der Waals surface area contributed by atoms with Crippen molar-refractivity contribution in [3.8, 4) is 0 Å². The highest BCUT2D eigenvalue weighted by molar-refractivity contribution is 6.33. The molecule has 0 saturated carbocycles. The molecule has 1 fully saturated rings. The molecule has 1 aliphatic rings. The van der Waals surface area contributed by atoms with Crippen molar-refractivity contribution in [3.05, 3.63) is 47.7 Å². The van der Waals surface area contributed by atoms with Crippen molar-refractivity contribution in [2.75, 3.05) is 23.3 Å². The Morgan fingerprint density at radius 2 is 1.82 bits per heavy atom. The van der Waals surface area contributed by atoms with Gasteiger partial charge in [0.15, 0.2) is 0 Å². The lowest BCUT2D eigenvalue weighted by atomic mass is 9.96. The number of anilines is 2. The van der Waals surface area contributed by atoms with E-state index in [1.165, 1.54) is 0 Å². The summed E-state index contributed by atoms with van der Waals surface area (Å²) in [7, 11) is 0. The average molecular weight is 317 g/mol. The summed E-state index contributed by atoms with van der Waals surface area (Å²) in [6, 6.07) is 9.08. The molecule has 0 spiro atoms. The number of nitrogens with one attached hydrogen (secondary N) is 1. The molecule has 2 aromatic rings. The zero-order valence-corrected chi connectivity index (χ0v) is 12.8. The van der Waals surface area contributed by atoms with E-state index in [0.717, 1.165) is 31.9 Å². The maximum Gasteiger partial charge on any atom is 0.227 e. The Kier molecular flexibility index (Phi) is 4.53. The van der Waals surface area contributed by atoms with Crippen molar-refractivity contribution in [1.82, 2.24) is 9.97 Å². The van der Waals surface area contributed by atoms with Gasteiger partial charge < -0.3 is 10.2 Å². The molecule has 1 aromatic carbocycles. The topological polar surface area (TPSA) is 58.1 Å². The van der Waals surface area contributed by atoms with Gasteiger partial charge in [0.25, 0.3) is 0 Å². The fourth-order valence-electron chi connectivity index (χ4n) is 2.59. The van der Waals surface area contributed by atoms with Gasteiger partial charge in [-0.15, -0.1) is 0 Å². The Morgan fingerprint density at radius 3 is 2.50 bits per heavy atom. The Hall–Kier alpha value is -2.14. The third kappa shape index (κ3) is 3.36. The highest BCUT2D eigenvalue weighted by Gasteiger charge is 2.26. The molecule has 1 N–H and O–H groups in total. The number of hydrogen-bond donors (Lipinski definition) is 1. The lowest BCUT2D eigenvalue weighted by Crippen LogP contribution is -2.39. The first-order valence-corrected chi connectivity index (χ1v) is 7.69. The SMILES string of the molecule is O=C(Nc1ccccc1Cl)C1CCN(c2ncccn2)CC1. The number of rotatable bonds is 3. The van der Waals surface area contributed by atoms with Crippen molar-refractivity contribution in [2.45, 2.75) is 12.8 Å². The van der Waals surface area contributed by atoms with Gasteiger partial charge in [-0.25, -0.2) is 9.97 Å². The van der Waals surface area contributed by atoms with Crippen LogP contribution in [0.3, 0.4) is 0 Å². The van der Waals surface area contributed by atoms with Crippen molar-refractivity contribution >= 4 is 29.1 Å². The maximum absolute atomic E-state index is 12.3. The fraction of sp³-hybridized carbons (Fsp3) is 0.312. The van der Waals surface area contributed by atoms with Crippen molar-refractivity contribution in [3.63, 3.8) is 0 Å². The number of carbonyl (C=O) groups is 1. The van der Waals surface area contributed by atoms with Gasteiger partial charge in [0.2, 0.25) is 11.9 Å². The normalized spacial score (nSPS) is 15.6. The molecule has 3 rings (SSSR count). The van der Waals surface area contributed by atoms with E-state index in [2.05, 4.69) is 20.2 Å². The van der Waals surface area contributed by atoms with E-state index in [0.29, 0.717) is 10.7 Å². The highest BCUT2D eigenvalue weighted by Crippen LogP contribution is 2.25. The van der Waals surface area contributed by atoms with Crippen LogP contribution in [0.2, 0.25) is 5.02 Å². The smallest absolute Gasteiger partial charge is 0.227 e. The zero-order valence-electron chi connectivity index (χ0n) is 12.1. The largest absolute Gasteiger partial charge is 0.341 e. The lowest BCUT2D eigenvalue weighted by molar-refractivity contribution is -0.120. The average Bonchev–Trinajstić information content (AvgIpc) is 2.58. The third-order valence-corrected chi connectivity index (χ3v) is 4.16. The Labute approximate surface area is 134 Å². The number of para-hydroxylation sites is 1. The number of nitrogens with zero attached hydrogens (tertiary/aromatic N) is 3. The van der Waals surface area contributed by atoms with Gasteiger partial charge in [0.05, 0.1) is 10.7 Å². The van der Waals surface area contributed by atoms with Gasteiger partial charge in [0.1, 0.15) is 0 Å². The second-order valence-electron chi connectivity index (χ2n) is 5.28. The van der Waals surface area contributed by atoms with Gasteiger partial charge in [-0.3, -0.25) is 4.79 Å². The number of amides is 1. The molecule has 22 heavy (non-hydrogen) atoms. The number of hydrogen-bond acceptors (Lipinski definition) is 4. The molecule has 1 aromatic heterocycles. The van der Waals surface area contributed by atoms with Crippen LogP contribution in [0.5, 0.6) is 0 Å². The molecule has 0 radical (unpaired) electrons. The molecule has 114 valence electrons. The Balaban J connectivity index is 1.57. The summed E-state index contributed by atoms with van der Waals surface area (Å²) in [4.78, 5) is 23.0. The van der Waals surface area contributed by atoms with E-state index in [4.69, 9.17) is 11.6 Å². The molecule has 0 unspecified atom stereocenters. The van der Waals surface area contributed by atoms with Crippen molar-refractivity contribution in [2.24, 2.45) is 5.92 Å². The van der Waals surface area contributed by atoms with Crippen molar-refractivity contribution < 1.29 is 4.79 Å². The van der Waals surface area contributed by atoms with Crippen LogP contribution in [0.15, 0.2) is 42.7 Å². The summed E-state index contributed by atoms with van der Waals surface area (Å²) >= 11 is 6.07. The summed E-state index contributed by atoms with van der Waals surface area (Å²) in [6.45, 7) is 1.56. The summed E-state index contributed by atoms with van der Waals surface area (Å²) in [5.41, 5.74) is 0.669. The summed E-state index contributed by atoms with van der Waals surface area (Å²) in [6.07, 6.45) is 5.04. The minimum atomic E-state index is -0.00349. The van der Waals surface area contributed by atoms with Crippen LogP contribution >= 0.6 is 11.6 Å². The van der Waals surface area contributed by atoms with Gasteiger partial charge >= 0.3 is 0 Å². The first kappa shape index (κ1) is 14.8. The van der Waals surface area contributed by atoms with E-state index in [-0.39, 0.29) is 11.8 Å². The minimum Gasteiger partial charge on any atom is -0.341 e. The summed E-state index contributed by atoms with van der Waals surface area (Å²) in [5.74, 6) is 0.755. The summed E-state index contributed by atoms with van der Waals surface area (Å²) in [5, 5.41) is 3.47. The second-order valence-corrected chi connectivity index (χ2v) is 5.69. The maximum atomic E-state index is 12.3. The number of halogens is 1. The molecular formula is C16H17ClN4O. The van der Waals surface area contributed by atoms with Crippen molar-refractivity contribution in [1.29, 1.82) is 0 Å².